The van der Waals surface area contributed by atoms with Gasteiger partial charge in [0.05, 0.1) is 7.11 Å². The van der Waals surface area contributed by atoms with Gasteiger partial charge in [0.1, 0.15) is 6.10 Å². The number of likely N-dealkylation sites (tertiary alicyclic amines) is 1. The summed E-state index contributed by atoms with van der Waals surface area (Å²) in [6.07, 6.45) is 6.62. The van der Waals surface area contributed by atoms with Gasteiger partial charge in [-0.25, -0.2) is 0 Å². The van der Waals surface area contributed by atoms with Gasteiger partial charge in [0.25, 0.3) is 5.91 Å². The zero-order valence-electron chi connectivity index (χ0n) is 17.6. The van der Waals surface area contributed by atoms with Gasteiger partial charge in [-0.1, -0.05) is 24.3 Å². The van der Waals surface area contributed by atoms with Crippen LogP contribution in [0.3, 0.4) is 0 Å². The van der Waals surface area contributed by atoms with E-state index in [1.165, 1.54) is 11.1 Å². The van der Waals surface area contributed by atoms with Crippen molar-refractivity contribution in [3.63, 3.8) is 0 Å². The molecule has 0 radical (unpaired) electrons. The molecule has 0 spiro atoms. The topological polar surface area (TPSA) is 50.8 Å². The number of hydrogen-bond donors (Lipinski definition) is 1. The van der Waals surface area contributed by atoms with Gasteiger partial charge in [0.15, 0.2) is 11.5 Å². The van der Waals surface area contributed by atoms with Crippen LogP contribution in [0, 0.1) is 0 Å². The fraction of sp³-hybridized carbons (Fsp3) is 0.480. The van der Waals surface area contributed by atoms with Gasteiger partial charge in [-0.15, -0.1) is 0 Å². The molecular weight excluding hydrogens is 376 g/mol. The minimum absolute atomic E-state index is 0.0272. The Bertz CT molecular complexity index is 891. The highest BCUT2D eigenvalue weighted by molar-refractivity contribution is 5.95. The van der Waals surface area contributed by atoms with Crippen molar-refractivity contribution in [2.24, 2.45) is 0 Å². The van der Waals surface area contributed by atoms with Gasteiger partial charge in [-0.05, 0) is 67.9 Å². The molecule has 0 aromatic heterocycles. The molecule has 2 aromatic rings. The van der Waals surface area contributed by atoms with Crippen molar-refractivity contribution in [2.45, 2.75) is 56.7 Å². The molecule has 0 unspecified atom stereocenters. The van der Waals surface area contributed by atoms with E-state index in [-0.39, 0.29) is 12.0 Å². The van der Waals surface area contributed by atoms with Crippen molar-refractivity contribution in [1.82, 2.24) is 10.2 Å². The second-order valence-corrected chi connectivity index (χ2v) is 8.80. The lowest BCUT2D eigenvalue weighted by atomic mass is 10.0. The first kappa shape index (κ1) is 19.4. The van der Waals surface area contributed by atoms with Crippen LogP contribution in [-0.4, -0.2) is 49.2 Å². The molecule has 0 bridgehead atoms. The smallest absolute Gasteiger partial charge is 0.251 e. The fourth-order valence-electron chi connectivity index (χ4n) is 4.74. The van der Waals surface area contributed by atoms with Crippen LogP contribution in [0.2, 0.25) is 0 Å². The van der Waals surface area contributed by atoms with Crippen LogP contribution in [0.25, 0.3) is 0 Å². The molecule has 1 heterocycles. The second-order valence-electron chi connectivity index (χ2n) is 8.80. The molecule has 1 saturated heterocycles. The number of ether oxygens (including phenoxy) is 2. The first-order valence-electron chi connectivity index (χ1n) is 11.2. The summed E-state index contributed by atoms with van der Waals surface area (Å²) in [6.45, 7) is 2.10. The van der Waals surface area contributed by atoms with Crippen LogP contribution in [-0.2, 0) is 12.8 Å². The van der Waals surface area contributed by atoms with Crippen molar-refractivity contribution in [2.75, 3.05) is 20.2 Å². The molecule has 1 saturated carbocycles. The predicted molar refractivity (Wildman–Crippen MR) is 116 cm³/mol. The van der Waals surface area contributed by atoms with Crippen molar-refractivity contribution >= 4 is 5.91 Å². The Balaban J connectivity index is 1.19. The van der Waals surface area contributed by atoms with E-state index in [2.05, 4.69) is 34.5 Å². The number of carbonyl (C=O) groups excluding carboxylic acids is 1. The lowest BCUT2D eigenvalue weighted by Crippen LogP contribution is -2.44. The van der Waals surface area contributed by atoms with E-state index >= 15 is 0 Å². The standard InChI is InChI=1S/C25H30N2O3/c1-29-23-9-6-19(25(28)26-20-7-8-20)16-24(23)30-22-10-12-27(13-11-22)21-14-17-4-2-3-5-18(17)15-21/h2-6,9,16,20-22H,7-8,10-15H2,1H3,(H,26,28). The summed E-state index contributed by atoms with van der Waals surface area (Å²) < 4.78 is 11.8. The van der Waals surface area contributed by atoms with Crippen LogP contribution in [0.5, 0.6) is 11.5 Å². The summed E-state index contributed by atoms with van der Waals surface area (Å²) in [5, 5.41) is 3.04. The van der Waals surface area contributed by atoms with Gasteiger partial charge in [0.2, 0.25) is 0 Å². The number of carbonyl (C=O) groups is 1. The quantitative estimate of drug-likeness (QED) is 0.796. The van der Waals surface area contributed by atoms with E-state index in [1.807, 2.05) is 18.2 Å². The molecule has 1 amide bonds. The molecule has 5 rings (SSSR count). The van der Waals surface area contributed by atoms with E-state index in [0.29, 0.717) is 29.1 Å². The summed E-state index contributed by atoms with van der Waals surface area (Å²) in [6, 6.07) is 15.3. The van der Waals surface area contributed by atoms with Crippen LogP contribution in [0.15, 0.2) is 42.5 Å². The molecule has 0 atom stereocenters. The number of fused-ring (bicyclic) bond motifs is 1. The van der Waals surface area contributed by atoms with E-state index in [0.717, 1.165) is 51.6 Å². The van der Waals surface area contributed by atoms with E-state index in [1.54, 1.807) is 7.11 Å². The molecule has 2 fully saturated rings. The molecule has 1 N–H and O–H groups in total. The zero-order valence-corrected chi connectivity index (χ0v) is 17.6. The SMILES string of the molecule is COc1ccc(C(=O)NC2CC2)cc1OC1CCN(C2Cc3ccccc3C2)CC1. The average molecular weight is 407 g/mol. The molecule has 2 aromatic carbocycles. The number of hydrogen-bond acceptors (Lipinski definition) is 4. The fourth-order valence-corrected chi connectivity index (χ4v) is 4.74. The molecule has 3 aliphatic rings. The zero-order chi connectivity index (χ0) is 20.5. The maximum absolute atomic E-state index is 12.4. The third kappa shape index (κ3) is 4.17. The number of methoxy groups -OCH3 is 1. The molecule has 30 heavy (non-hydrogen) atoms. The Labute approximate surface area is 178 Å². The molecule has 5 nitrogen and oxygen atoms in total. The number of rotatable bonds is 6. The number of piperidine rings is 1. The Kier molecular flexibility index (Phi) is 5.38. The largest absolute Gasteiger partial charge is 0.493 e. The minimum atomic E-state index is -0.0272. The maximum atomic E-state index is 12.4. The third-order valence-corrected chi connectivity index (χ3v) is 6.65. The summed E-state index contributed by atoms with van der Waals surface area (Å²) in [4.78, 5) is 15.0. The normalized spacial score (nSPS) is 20.0. The lowest BCUT2D eigenvalue weighted by Gasteiger charge is -2.36. The summed E-state index contributed by atoms with van der Waals surface area (Å²) in [5.74, 6) is 1.33. The van der Waals surface area contributed by atoms with Gasteiger partial charge in [-0.3, -0.25) is 9.69 Å². The molecule has 158 valence electrons. The van der Waals surface area contributed by atoms with Crippen LogP contribution < -0.4 is 14.8 Å². The third-order valence-electron chi connectivity index (χ3n) is 6.65. The monoisotopic (exact) mass is 406 g/mol. The molecule has 5 heteroatoms. The number of nitrogens with one attached hydrogen (secondary N) is 1. The molecular formula is C25H30N2O3. The Morgan fingerprint density at radius 2 is 1.67 bits per heavy atom. The first-order valence-corrected chi connectivity index (χ1v) is 11.2. The summed E-state index contributed by atoms with van der Waals surface area (Å²) >= 11 is 0. The van der Waals surface area contributed by atoms with Crippen molar-refractivity contribution < 1.29 is 14.3 Å². The van der Waals surface area contributed by atoms with Gasteiger partial charge < -0.3 is 14.8 Å². The highest BCUT2D eigenvalue weighted by Gasteiger charge is 2.31. The number of amides is 1. The van der Waals surface area contributed by atoms with E-state index in [4.69, 9.17) is 9.47 Å². The predicted octanol–water partition coefficient (Wildman–Crippen LogP) is 3.60. The minimum Gasteiger partial charge on any atom is -0.493 e. The first-order chi connectivity index (χ1) is 14.7. The van der Waals surface area contributed by atoms with Crippen molar-refractivity contribution in [3.05, 3.63) is 59.2 Å². The van der Waals surface area contributed by atoms with Gasteiger partial charge >= 0.3 is 0 Å². The Morgan fingerprint density at radius 1 is 0.967 bits per heavy atom. The highest BCUT2D eigenvalue weighted by atomic mass is 16.5. The summed E-state index contributed by atoms with van der Waals surface area (Å²) in [7, 11) is 1.65. The average Bonchev–Trinajstić information content (AvgIpc) is 3.48. The van der Waals surface area contributed by atoms with Crippen LogP contribution >= 0.6 is 0 Å². The Hall–Kier alpha value is -2.53. The van der Waals surface area contributed by atoms with E-state index in [9.17, 15) is 4.79 Å². The number of benzene rings is 2. The highest BCUT2D eigenvalue weighted by Crippen LogP contribution is 2.32. The maximum Gasteiger partial charge on any atom is 0.251 e. The second kappa shape index (κ2) is 8.31. The summed E-state index contributed by atoms with van der Waals surface area (Å²) in [5.41, 5.74) is 3.65. The van der Waals surface area contributed by atoms with Crippen LogP contribution in [0.1, 0.15) is 47.2 Å². The van der Waals surface area contributed by atoms with Gasteiger partial charge in [0, 0.05) is 30.7 Å². The van der Waals surface area contributed by atoms with Crippen LogP contribution in [0.4, 0.5) is 0 Å². The molecule has 2 aliphatic carbocycles. The van der Waals surface area contributed by atoms with Crippen molar-refractivity contribution in [3.8, 4) is 11.5 Å². The van der Waals surface area contributed by atoms with Gasteiger partial charge in [-0.2, -0.15) is 0 Å². The van der Waals surface area contributed by atoms with E-state index < -0.39 is 0 Å². The number of nitrogens with zero attached hydrogens (tertiary/aromatic N) is 1. The Morgan fingerprint density at radius 3 is 2.30 bits per heavy atom. The molecule has 1 aliphatic heterocycles. The van der Waals surface area contributed by atoms with Crippen molar-refractivity contribution in [1.29, 1.82) is 0 Å². The lowest BCUT2D eigenvalue weighted by molar-refractivity contribution is 0.0756.